The zero-order valence-electron chi connectivity index (χ0n) is 23.1. The van der Waals surface area contributed by atoms with Crippen molar-refractivity contribution in [3.05, 3.63) is 131 Å². The number of aryl methyl sites for hydroxylation is 1. The molecule has 0 spiro atoms. The summed E-state index contributed by atoms with van der Waals surface area (Å²) in [5.41, 5.74) is 4.01. The van der Waals surface area contributed by atoms with Crippen molar-refractivity contribution >= 4 is 11.8 Å². The summed E-state index contributed by atoms with van der Waals surface area (Å²) in [7, 11) is 0. The fraction of sp³-hybridized carbons (Fsp3) is 0.273. The molecule has 0 aliphatic rings. The van der Waals surface area contributed by atoms with Crippen molar-refractivity contribution in [3.63, 3.8) is 0 Å². The van der Waals surface area contributed by atoms with Gasteiger partial charge in [0.15, 0.2) is 0 Å². The number of amides is 2. The highest BCUT2D eigenvalue weighted by Crippen LogP contribution is 2.16. The summed E-state index contributed by atoms with van der Waals surface area (Å²) in [6.07, 6.45) is 1.16. The van der Waals surface area contributed by atoms with Gasteiger partial charge in [0.05, 0.1) is 24.5 Å². The third-order valence-electron chi connectivity index (χ3n) is 6.99. The summed E-state index contributed by atoms with van der Waals surface area (Å²) in [5, 5.41) is 20.5. The Morgan fingerprint density at radius 3 is 2.12 bits per heavy atom. The van der Waals surface area contributed by atoms with Crippen LogP contribution in [-0.4, -0.2) is 35.6 Å². The van der Waals surface area contributed by atoms with Crippen molar-refractivity contribution in [1.29, 1.82) is 0 Å². The highest BCUT2D eigenvalue weighted by molar-refractivity contribution is 5.99. The summed E-state index contributed by atoms with van der Waals surface area (Å²) in [4.78, 5) is 26.2. The number of carbonyl (C=O) groups is 2. The Hall–Kier alpha value is -4.20. The van der Waals surface area contributed by atoms with Gasteiger partial charge in [0.25, 0.3) is 11.8 Å². The van der Waals surface area contributed by atoms with Crippen molar-refractivity contribution in [1.82, 2.24) is 16.0 Å². The van der Waals surface area contributed by atoms with Crippen LogP contribution in [0.25, 0.3) is 0 Å². The van der Waals surface area contributed by atoms with Gasteiger partial charge in [0, 0.05) is 23.7 Å². The molecule has 0 saturated carbocycles. The van der Waals surface area contributed by atoms with Crippen molar-refractivity contribution in [3.8, 4) is 0 Å². The predicted molar refractivity (Wildman–Crippen MR) is 156 cm³/mol. The second-order valence-corrected chi connectivity index (χ2v) is 10.2. The number of furan rings is 1. The summed E-state index contributed by atoms with van der Waals surface area (Å²) < 4.78 is 5.37. The molecule has 3 aromatic carbocycles. The Morgan fingerprint density at radius 1 is 0.800 bits per heavy atom. The molecule has 7 nitrogen and oxygen atoms in total. The molecule has 40 heavy (non-hydrogen) atoms. The van der Waals surface area contributed by atoms with Crippen LogP contribution in [0.15, 0.2) is 102 Å². The zero-order chi connectivity index (χ0) is 28.5. The number of aliphatic hydroxyl groups excluding tert-OH is 1. The van der Waals surface area contributed by atoms with Crippen LogP contribution < -0.4 is 16.0 Å². The van der Waals surface area contributed by atoms with Crippen LogP contribution in [-0.2, 0) is 6.42 Å². The van der Waals surface area contributed by atoms with Crippen LogP contribution >= 0.6 is 0 Å². The second kappa shape index (κ2) is 13.7. The normalized spacial score (nSPS) is 14.1. The van der Waals surface area contributed by atoms with Crippen LogP contribution in [0.2, 0.25) is 0 Å². The molecule has 0 bridgehead atoms. The summed E-state index contributed by atoms with van der Waals surface area (Å²) in [6.45, 7) is 6.22. The number of hydrogen-bond acceptors (Lipinski definition) is 5. The lowest BCUT2D eigenvalue weighted by molar-refractivity contribution is 0.0825. The first-order valence-corrected chi connectivity index (χ1v) is 13.6. The van der Waals surface area contributed by atoms with Crippen molar-refractivity contribution in [2.75, 3.05) is 6.54 Å². The van der Waals surface area contributed by atoms with Crippen LogP contribution in [0.3, 0.4) is 0 Å². The van der Waals surface area contributed by atoms with Gasteiger partial charge in [-0.3, -0.25) is 9.59 Å². The van der Waals surface area contributed by atoms with E-state index in [2.05, 4.69) is 40.2 Å². The van der Waals surface area contributed by atoms with Gasteiger partial charge in [-0.15, -0.1) is 0 Å². The highest BCUT2D eigenvalue weighted by atomic mass is 16.3. The molecule has 1 unspecified atom stereocenters. The molecule has 208 valence electrons. The van der Waals surface area contributed by atoms with Crippen LogP contribution in [0, 0.1) is 6.92 Å². The molecule has 0 fully saturated rings. The van der Waals surface area contributed by atoms with Crippen LogP contribution in [0.4, 0.5) is 0 Å². The number of rotatable bonds is 12. The van der Waals surface area contributed by atoms with E-state index in [1.165, 1.54) is 5.56 Å². The van der Waals surface area contributed by atoms with Gasteiger partial charge < -0.3 is 25.5 Å². The molecule has 0 radical (unpaired) electrons. The standard InChI is InChI=1S/C33H37N3O4/c1-22-14-16-26(17-15-22)23(2)34-21-30(37)29(19-25-9-5-4-6-10-25)36-33(39)28-12-7-11-27(20-28)32(38)35-24(3)31-13-8-18-40-31/h4-18,20,23-24,29-30,34,37H,19,21H2,1-3H3,(H,35,38)(H,36,39)/t23-,24?,29+,30-/m1/s1. The maximum Gasteiger partial charge on any atom is 0.251 e. The number of aliphatic hydroxyl groups is 1. The molecule has 4 aromatic rings. The third kappa shape index (κ3) is 7.91. The lowest BCUT2D eigenvalue weighted by Crippen LogP contribution is -2.49. The molecule has 1 aromatic heterocycles. The van der Waals surface area contributed by atoms with E-state index >= 15 is 0 Å². The van der Waals surface area contributed by atoms with Crippen molar-refractivity contribution in [2.24, 2.45) is 0 Å². The van der Waals surface area contributed by atoms with Crippen LogP contribution in [0.5, 0.6) is 0 Å². The van der Waals surface area contributed by atoms with E-state index < -0.39 is 12.1 Å². The molecule has 7 heteroatoms. The Balaban J connectivity index is 1.43. The van der Waals surface area contributed by atoms with Gasteiger partial charge in [-0.1, -0.05) is 66.2 Å². The van der Waals surface area contributed by atoms with Gasteiger partial charge in [0.1, 0.15) is 5.76 Å². The minimum Gasteiger partial charge on any atom is -0.467 e. The molecule has 4 atom stereocenters. The first-order valence-electron chi connectivity index (χ1n) is 13.6. The molecule has 0 aliphatic heterocycles. The minimum atomic E-state index is -0.849. The number of benzene rings is 3. The molecule has 4 rings (SSSR count). The van der Waals surface area contributed by atoms with E-state index in [4.69, 9.17) is 4.42 Å². The maximum absolute atomic E-state index is 13.3. The summed E-state index contributed by atoms with van der Waals surface area (Å²) in [5.74, 6) is -0.0284. The van der Waals surface area contributed by atoms with Crippen molar-refractivity contribution in [2.45, 2.75) is 51.4 Å². The molecule has 2 amide bonds. The minimum absolute atomic E-state index is 0.0297. The van der Waals surface area contributed by atoms with Gasteiger partial charge in [-0.25, -0.2) is 0 Å². The average Bonchev–Trinajstić information content (AvgIpc) is 3.52. The summed E-state index contributed by atoms with van der Waals surface area (Å²) in [6, 6.07) is 27.3. The van der Waals surface area contributed by atoms with Gasteiger partial charge >= 0.3 is 0 Å². The smallest absolute Gasteiger partial charge is 0.251 e. The first-order chi connectivity index (χ1) is 19.3. The van der Waals surface area contributed by atoms with Crippen molar-refractivity contribution < 1.29 is 19.1 Å². The molecule has 0 saturated heterocycles. The fourth-order valence-electron chi connectivity index (χ4n) is 4.51. The SMILES string of the molecule is Cc1ccc([C@@H](C)NC[C@@H](O)[C@H](Cc2ccccc2)NC(=O)c2cccc(C(=O)NC(C)c3ccco3)c2)cc1. The number of nitrogens with one attached hydrogen (secondary N) is 3. The average molecular weight is 540 g/mol. The Kier molecular flexibility index (Phi) is 9.89. The second-order valence-electron chi connectivity index (χ2n) is 10.2. The highest BCUT2D eigenvalue weighted by Gasteiger charge is 2.24. The van der Waals surface area contributed by atoms with E-state index in [9.17, 15) is 14.7 Å². The summed E-state index contributed by atoms with van der Waals surface area (Å²) >= 11 is 0. The van der Waals surface area contributed by atoms with E-state index in [1.54, 1.807) is 42.7 Å². The van der Waals surface area contributed by atoms with Gasteiger partial charge in [-0.2, -0.15) is 0 Å². The van der Waals surface area contributed by atoms with Crippen LogP contribution in [0.1, 0.15) is 69.1 Å². The Labute approximate surface area is 235 Å². The topological polar surface area (TPSA) is 104 Å². The third-order valence-corrected chi connectivity index (χ3v) is 6.99. The zero-order valence-corrected chi connectivity index (χ0v) is 23.1. The fourth-order valence-corrected chi connectivity index (χ4v) is 4.51. The number of hydrogen-bond donors (Lipinski definition) is 4. The predicted octanol–water partition coefficient (Wildman–Crippen LogP) is 5.13. The Bertz CT molecular complexity index is 1370. The lowest BCUT2D eigenvalue weighted by atomic mass is 9.99. The maximum atomic E-state index is 13.3. The van der Waals surface area contributed by atoms with E-state index in [1.807, 2.05) is 51.1 Å². The van der Waals surface area contributed by atoms with E-state index in [-0.39, 0.29) is 23.9 Å². The Morgan fingerprint density at radius 2 is 1.48 bits per heavy atom. The molecular formula is C33H37N3O4. The monoisotopic (exact) mass is 539 g/mol. The lowest BCUT2D eigenvalue weighted by Gasteiger charge is -2.26. The molecular weight excluding hydrogens is 502 g/mol. The molecule has 4 N–H and O–H groups in total. The van der Waals surface area contributed by atoms with E-state index in [0.717, 1.165) is 11.1 Å². The van der Waals surface area contributed by atoms with Gasteiger partial charge in [-0.05, 0) is 68.7 Å². The molecule has 1 heterocycles. The van der Waals surface area contributed by atoms with E-state index in [0.29, 0.717) is 29.9 Å². The quantitative estimate of drug-likeness (QED) is 0.200. The first kappa shape index (κ1) is 28.8. The molecule has 0 aliphatic carbocycles. The van der Waals surface area contributed by atoms with Gasteiger partial charge in [0.2, 0.25) is 0 Å². The number of carbonyl (C=O) groups excluding carboxylic acids is 2. The largest absolute Gasteiger partial charge is 0.467 e.